The van der Waals surface area contributed by atoms with E-state index >= 15 is 0 Å². The van der Waals surface area contributed by atoms with E-state index in [4.69, 9.17) is 0 Å². The summed E-state index contributed by atoms with van der Waals surface area (Å²) in [5.74, 6) is -0.375. The third-order valence-electron chi connectivity index (χ3n) is 8.44. The van der Waals surface area contributed by atoms with Crippen LogP contribution >= 0.6 is 0 Å². The van der Waals surface area contributed by atoms with Gasteiger partial charge in [-0.2, -0.15) is 4.31 Å². The van der Waals surface area contributed by atoms with Gasteiger partial charge in [0.2, 0.25) is 10.0 Å². The Morgan fingerprint density at radius 1 is 0.744 bits per heavy atom. The first-order chi connectivity index (χ1) is 18.5. The third-order valence-corrected chi connectivity index (χ3v) is 16.8. The van der Waals surface area contributed by atoms with Crippen molar-refractivity contribution >= 4 is 28.5 Å². The van der Waals surface area contributed by atoms with Crippen molar-refractivity contribution < 1.29 is 12.8 Å². The summed E-state index contributed by atoms with van der Waals surface area (Å²) in [6.45, 7) is 9.63. The molecule has 0 radical (unpaired) electrons. The number of sulfonamides is 1. The lowest BCUT2D eigenvalue weighted by Crippen LogP contribution is -2.68. The van der Waals surface area contributed by atoms with E-state index in [0.29, 0.717) is 18.0 Å². The lowest BCUT2D eigenvalue weighted by Gasteiger charge is -2.50. The van der Waals surface area contributed by atoms with Gasteiger partial charge in [-0.1, -0.05) is 122 Å². The zero-order chi connectivity index (χ0) is 27.8. The molecule has 0 aliphatic carbocycles. The summed E-state index contributed by atoms with van der Waals surface area (Å²) in [6, 6.07) is 35.1. The van der Waals surface area contributed by atoms with Crippen molar-refractivity contribution in [3.05, 3.63) is 126 Å². The molecule has 4 aromatic carbocycles. The zero-order valence-electron chi connectivity index (χ0n) is 23.0. The van der Waals surface area contributed by atoms with Crippen molar-refractivity contribution in [2.75, 3.05) is 13.1 Å². The van der Waals surface area contributed by atoms with E-state index in [9.17, 15) is 12.8 Å². The highest BCUT2D eigenvalue weighted by molar-refractivity contribution is 7.89. The predicted molar refractivity (Wildman–Crippen MR) is 160 cm³/mol. The molecule has 6 heteroatoms. The van der Waals surface area contributed by atoms with Crippen LogP contribution in [0.3, 0.4) is 0 Å². The normalized spacial score (nSPS) is 18.8. The molecule has 0 unspecified atom stereocenters. The van der Waals surface area contributed by atoms with Gasteiger partial charge in [0.1, 0.15) is 13.9 Å². The molecule has 1 aliphatic rings. The van der Waals surface area contributed by atoms with Gasteiger partial charge in [0.25, 0.3) is 0 Å². The van der Waals surface area contributed by atoms with Crippen molar-refractivity contribution in [1.29, 1.82) is 0 Å². The molecule has 0 saturated carbocycles. The predicted octanol–water partition coefficient (Wildman–Crippen LogP) is 6.36. The summed E-state index contributed by atoms with van der Waals surface area (Å²) in [6.07, 6.45) is 0. The summed E-state index contributed by atoms with van der Waals surface area (Å²) in [7, 11) is -6.43. The van der Waals surface area contributed by atoms with Crippen LogP contribution in [-0.4, -0.2) is 33.9 Å². The smallest absolute Gasteiger partial charge is 0.207 e. The van der Waals surface area contributed by atoms with Gasteiger partial charge in [-0.3, -0.25) is 0 Å². The molecule has 0 bridgehead atoms. The van der Waals surface area contributed by atoms with Gasteiger partial charge >= 0.3 is 0 Å². The van der Waals surface area contributed by atoms with E-state index < -0.39 is 18.1 Å². The molecule has 4 aromatic rings. The highest BCUT2D eigenvalue weighted by Crippen LogP contribution is 2.52. The maximum atomic E-state index is 14.1. The Hall–Kier alpha value is -3.06. The molecule has 202 valence electrons. The van der Waals surface area contributed by atoms with Gasteiger partial charge in [0, 0.05) is 19.0 Å². The first-order valence-corrected chi connectivity index (χ1v) is 17.0. The lowest BCUT2D eigenvalue weighted by atomic mass is 9.98. The van der Waals surface area contributed by atoms with E-state index in [1.54, 1.807) is 16.4 Å². The zero-order valence-corrected chi connectivity index (χ0v) is 24.8. The molecule has 2 atom stereocenters. The van der Waals surface area contributed by atoms with E-state index in [-0.39, 0.29) is 22.3 Å². The molecule has 1 aliphatic heterocycles. The maximum absolute atomic E-state index is 14.1. The summed E-state index contributed by atoms with van der Waals surface area (Å²) in [5.41, 5.74) is 2.02. The van der Waals surface area contributed by atoms with E-state index in [1.165, 1.54) is 22.5 Å². The first kappa shape index (κ1) is 27.5. The van der Waals surface area contributed by atoms with Crippen LogP contribution in [0.2, 0.25) is 10.6 Å². The molecule has 1 saturated heterocycles. The number of nitrogens with zero attached hydrogens (tertiary/aromatic N) is 1. The number of aryl methyl sites for hydroxylation is 1. The van der Waals surface area contributed by atoms with Crippen LogP contribution in [0.25, 0.3) is 0 Å². The highest BCUT2D eigenvalue weighted by atomic mass is 32.2. The van der Waals surface area contributed by atoms with Gasteiger partial charge in [-0.25, -0.2) is 12.8 Å². The van der Waals surface area contributed by atoms with Crippen LogP contribution in [0, 0.1) is 12.7 Å². The lowest BCUT2D eigenvalue weighted by molar-refractivity contribution is 0.472. The Bertz CT molecular complexity index is 1480. The van der Waals surface area contributed by atoms with Crippen LogP contribution in [0.5, 0.6) is 0 Å². The first-order valence-electron chi connectivity index (χ1n) is 13.5. The molecule has 5 rings (SSSR count). The molecule has 0 spiro atoms. The van der Waals surface area contributed by atoms with Crippen LogP contribution in [0.1, 0.15) is 37.8 Å². The van der Waals surface area contributed by atoms with Gasteiger partial charge in [0.15, 0.2) is 0 Å². The van der Waals surface area contributed by atoms with Crippen LogP contribution in [0.4, 0.5) is 4.39 Å². The molecule has 1 fully saturated rings. The molecule has 0 amide bonds. The van der Waals surface area contributed by atoms with Crippen LogP contribution < -0.4 is 10.4 Å². The Balaban J connectivity index is 1.75. The SMILES string of the molecule is Cc1ccc(S(=O)(=O)N2C[C@H](c3ccc(F)cc3)[C@@H]([Si](c3ccccc3)(c3ccccc3)C(C)(C)C)C2)cc1. The van der Waals surface area contributed by atoms with Crippen molar-refractivity contribution in [2.24, 2.45) is 0 Å². The molecule has 0 aromatic heterocycles. The molecule has 1 heterocycles. The Morgan fingerprint density at radius 3 is 1.74 bits per heavy atom. The minimum atomic E-state index is -3.73. The van der Waals surface area contributed by atoms with Gasteiger partial charge in [0.05, 0.1) is 4.90 Å². The fraction of sp³-hybridized carbons (Fsp3) is 0.273. The second kappa shape index (κ2) is 10.5. The van der Waals surface area contributed by atoms with Crippen LogP contribution in [-0.2, 0) is 10.0 Å². The topological polar surface area (TPSA) is 37.4 Å². The van der Waals surface area contributed by atoms with Crippen LogP contribution in [0.15, 0.2) is 114 Å². The fourth-order valence-electron chi connectivity index (χ4n) is 6.73. The third kappa shape index (κ3) is 4.90. The summed E-state index contributed by atoms with van der Waals surface area (Å²) < 4.78 is 43.8. The summed E-state index contributed by atoms with van der Waals surface area (Å²) in [4.78, 5) is 0.314. The van der Waals surface area contributed by atoms with Crippen molar-refractivity contribution in [3.8, 4) is 0 Å². The van der Waals surface area contributed by atoms with E-state index in [1.807, 2.05) is 43.3 Å². The standard InChI is InChI=1S/C33H36FNO2SSi/c1-25-15-21-28(22-16-25)38(36,37)35-23-31(26-17-19-27(34)20-18-26)32(24-35)39(33(2,3)4,29-11-7-5-8-12-29)30-13-9-6-10-14-30/h5-22,31-32H,23-24H2,1-4H3/t31-,32+/m1/s1. The largest absolute Gasteiger partial charge is 0.243 e. The molecule has 0 N–H and O–H groups in total. The maximum Gasteiger partial charge on any atom is 0.243 e. The highest BCUT2D eigenvalue weighted by Gasteiger charge is 2.59. The minimum absolute atomic E-state index is 0.0213. The van der Waals surface area contributed by atoms with Crippen molar-refractivity contribution in [2.45, 2.75) is 49.1 Å². The van der Waals surface area contributed by atoms with Gasteiger partial charge < -0.3 is 0 Å². The summed E-state index contributed by atoms with van der Waals surface area (Å²) >= 11 is 0. The van der Waals surface area contributed by atoms with Gasteiger partial charge in [-0.05, 0) is 47.3 Å². The summed E-state index contributed by atoms with van der Waals surface area (Å²) in [5, 5.41) is 2.42. The van der Waals surface area contributed by atoms with Gasteiger partial charge in [-0.15, -0.1) is 0 Å². The number of hydrogen-bond acceptors (Lipinski definition) is 2. The van der Waals surface area contributed by atoms with E-state index in [0.717, 1.165) is 11.1 Å². The van der Waals surface area contributed by atoms with Crippen molar-refractivity contribution in [1.82, 2.24) is 4.31 Å². The quantitative estimate of drug-likeness (QED) is 0.259. The van der Waals surface area contributed by atoms with Crippen molar-refractivity contribution in [3.63, 3.8) is 0 Å². The van der Waals surface area contributed by atoms with E-state index in [2.05, 4.69) is 69.3 Å². The second-order valence-corrected chi connectivity index (χ2v) is 18.6. The minimum Gasteiger partial charge on any atom is -0.207 e. The Morgan fingerprint density at radius 2 is 1.26 bits per heavy atom. The number of rotatable bonds is 6. The number of halogens is 1. The average molecular weight is 558 g/mol. The average Bonchev–Trinajstić information content (AvgIpc) is 3.37. The molecular weight excluding hydrogens is 522 g/mol. The molecular formula is C33H36FNO2SSi. The Labute approximate surface area is 233 Å². The fourth-order valence-corrected chi connectivity index (χ4v) is 15.2. The number of hydrogen-bond donors (Lipinski definition) is 0. The Kier molecular flexibility index (Phi) is 7.40. The monoisotopic (exact) mass is 557 g/mol. The number of benzene rings is 4. The molecule has 3 nitrogen and oxygen atoms in total. The molecule has 39 heavy (non-hydrogen) atoms. The second-order valence-electron chi connectivity index (χ2n) is 11.7.